The highest BCUT2D eigenvalue weighted by Gasteiger charge is 2.44. The van der Waals surface area contributed by atoms with Crippen molar-refractivity contribution in [3.05, 3.63) is 76.9 Å². The lowest BCUT2D eigenvalue weighted by molar-refractivity contribution is -0.438. The van der Waals surface area contributed by atoms with E-state index in [1.54, 1.807) is 6.07 Å². The zero-order valence-corrected chi connectivity index (χ0v) is 29.2. The topological polar surface area (TPSA) is 161 Å². The van der Waals surface area contributed by atoms with Crippen molar-refractivity contribution in [3.8, 4) is 0 Å². The first-order valence-electron chi connectivity index (χ1n) is 15.6. The normalized spacial score (nSPS) is 19.1. The van der Waals surface area contributed by atoms with Gasteiger partial charge >= 0.3 is 5.97 Å². The van der Waals surface area contributed by atoms with E-state index in [0.29, 0.717) is 61.3 Å². The largest absolute Gasteiger partial charge is 0.481 e. The van der Waals surface area contributed by atoms with Crippen LogP contribution < -0.4 is 0 Å². The molecule has 0 fully saturated rings. The molecule has 0 bridgehead atoms. The van der Waals surface area contributed by atoms with Gasteiger partial charge in [0, 0.05) is 53.1 Å². The van der Waals surface area contributed by atoms with Crippen LogP contribution in [0.2, 0.25) is 5.02 Å². The molecule has 0 aromatic heterocycles. The first-order chi connectivity index (χ1) is 21.9. The summed E-state index contributed by atoms with van der Waals surface area (Å²) >= 11 is 6.35. The Morgan fingerprint density at radius 1 is 0.936 bits per heavy atom. The van der Waals surface area contributed by atoms with E-state index in [4.69, 9.17) is 26.3 Å². The van der Waals surface area contributed by atoms with Crippen LogP contribution in [0.3, 0.4) is 0 Å². The number of nitrogens with zero attached hydrogens (tertiary/aromatic N) is 2. The number of carbonyl (C=O) groups is 1. The van der Waals surface area contributed by atoms with Crippen molar-refractivity contribution in [1.82, 2.24) is 0 Å². The molecule has 0 aliphatic carbocycles. The number of carboxylic acid groups (broad SMARTS) is 1. The summed E-state index contributed by atoms with van der Waals surface area (Å²) in [6, 6.07) is 10.2. The van der Waals surface area contributed by atoms with Gasteiger partial charge in [-0.15, -0.1) is 0 Å². The smallest absolute Gasteiger partial charge is 0.303 e. The summed E-state index contributed by atoms with van der Waals surface area (Å²) < 4.78 is 67.3. The van der Waals surface area contributed by atoms with Gasteiger partial charge in [0.05, 0.1) is 21.8 Å². The Morgan fingerprint density at radius 2 is 1.68 bits per heavy atom. The van der Waals surface area contributed by atoms with Crippen LogP contribution in [0, 0.1) is 0 Å². The van der Waals surface area contributed by atoms with Crippen LogP contribution >= 0.6 is 11.6 Å². The quantitative estimate of drug-likeness (QED) is 0.0714. The third-order valence-electron chi connectivity index (χ3n) is 9.02. The number of aliphatic imine (C=N–C) groups is 1. The van der Waals surface area contributed by atoms with E-state index in [2.05, 4.69) is 18.4 Å². The lowest BCUT2D eigenvalue weighted by Crippen LogP contribution is -2.29. The van der Waals surface area contributed by atoms with Gasteiger partial charge in [0.2, 0.25) is 5.69 Å². The van der Waals surface area contributed by atoms with Gasteiger partial charge in [-0.3, -0.25) is 18.9 Å². The number of halogens is 1. The summed E-state index contributed by atoms with van der Waals surface area (Å²) in [6.45, 7) is 6.78. The van der Waals surface area contributed by atoms with Gasteiger partial charge in [-0.2, -0.15) is 21.4 Å². The average Bonchev–Trinajstić information content (AvgIpc) is 3.36. The molecule has 2 aromatic carbocycles. The molecule has 0 amide bonds. The highest BCUT2D eigenvalue weighted by molar-refractivity contribution is 7.86. The van der Waals surface area contributed by atoms with Crippen LogP contribution in [0.25, 0.3) is 0 Å². The molecule has 0 radical (unpaired) electrons. The van der Waals surface area contributed by atoms with Crippen molar-refractivity contribution in [2.45, 2.75) is 87.9 Å². The number of allylic oxidation sites excluding steroid dienone is 4. The highest BCUT2D eigenvalue weighted by Crippen LogP contribution is 2.45. The molecule has 2 heterocycles. The van der Waals surface area contributed by atoms with E-state index in [9.17, 15) is 26.2 Å². The summed E-state index contributed by atoms with van der Waals surface area (Å²) in [7, 11) is -8.44. The van der Waals surface area contributed by atoms with E-state index in [0.717, 1.165) is 29.1 Å². The van der Waals surface area contributed by atoms with Crippen LogP contribution in [0.1, 0.15) is 83.3 Å². The number of carboxylic acids is 1. The summed E-state index contributed by atoms with van der Waals surface area (Å²) in [6.07, 6.45) is 11.9. The molecule has 1 unspecified atom stereocenters. The number of aliphatic carboxylic acids is 1. The van der Waals surface area contributed by atoms with E-state index < -0.39 is 31.6 Å². The Labute approximate surface area is 282 Å². The fraction of sp³-hybridized carbons (Fsp3) is 0.441. The Morgan fingerprint density at radius 3 is 2.36 bits per heavy atom. The summed E-state index contributed by atoms with van der Waals surface area (Å²) in [5.41, 5.74) is 4.30. The van der Waals surface area contributed by atoms with Gasteiger partial charge in [0.15, 0.2) is 5.71 Å². The minimum absolute atomic E-state index is 0.0894. The van der Waals surface area contributed by atoms with Crippen molar-refractivity contribution in [3.63, 3.8) is 0 Å². The van der Waals surface area contributed by atoms with Crippen molar-refractivity contribution >= 4 is 60.6 Å². The van der Waals surface area contributed by atoms with Crippen molar-refractivity contribution in [2.24, 2.45) is 4.99 Å². The predicted octanol–water partition coefficient (Wildman–Crippen LogP) is 7.21. The van der Waals surface area contributed by atoms with Crippen LogP contribution in [0.4, 0.5) is 11.4 Å². The molecule has 0 saturated heterocycles. The molecule has 2 aliphatic heterocycles. The molecular formula is C34H42ClN2O8S2+. The third-order valence-corrected chi connectivity index (χ3v) is 10.9. The molecule has 3 N–H and O–H groups in total. The minimum Gasteiger partial charge on any atom is -0.481 e. The maximum atomic E-state index is 11.9. The first-order valence-corrected chi connectivity index (χ1v) is 19.0. The predicted molar refractivity (Wildman–Crippen MR) is 184 cm³/mol. The molecule has 47 heavy (non-hydrogen) atoms. The van der Waals surface area contributed by atoms with Gasteiger partial charge in [-0.25, -0.2) is 0 Å². The van der Waals surface area contributed by atoms with Crippen LogP contribution in [0.15, 0.2) is 70.6 Å². The molecular weight excluding hydrogens is 664 g/mol. The van der Waals surface area contributed by atoms with Crippen molar-refractivity contribution < 1.29 is 40.4 Å². The van der Waals surface area contributed by atoms with Gasteiger partial charge in [0.1, 0.15) is 6.54 Å². The lowest BCUT2D eigenvalue weighted by Gasteiger charge is -2.28. The number of hydrogen-bond donors (Lipinski definition) is 3. The standard InChI is InChI=1S/C34H41ClN2O8S2/c1-33(2)27-22-24(35)15-18-29(27)37(20-10-11-21-46(40,41)42)31(33)13-7-4-6-12-30-34(3,19-9-5-8-14-32(38)39)26-23-25(47(43,44)45)16-17-28(26)36-30/h4,6-7,13,15-18,22-23H,5,8-12,14,19-21H2,1-3H3,(H2-,38,39,40,41,42,43,44,45)/p+1. The van der Waals surface area contributed by atoms with Gasteiger partial charge in [-0.05, 0) is 69.0 Å². The SMILES string of the molecule is CC1(C)C(C=CC=CCC2=Nc3ccc(S(=O)(=O)O)cc3C2(C)CCCCCC(=O)O)=[N+](CCCCS(=O)(=O)O)c2ccc(Cl)cc21. The van der Waals surface area contributed by atoms with E-state index >= 15 is 0 Å². The second kappa shape index (κ2) is 14.5. The summed E-state index contributed by atoms with van der Waals surface area (Å²) in [4.78, 5) is 15.6. The molecule has 4 rings (SSSR count). The number of hydrogen-bond acceptors (Lipinski definition) is 6. The second-order valence-corrected chi connectivity index (χ2v) is 16.2. The lowest BCUT2D eigenvalue weighted by atomic mass is 9.74. The summed E-state index contributed by atoms with van der Waals surface area (Å²) in [5, 5.41) is 9.61. The van der Waals surface area contributed by atoms with Crippen LogP contribution in [0.5, 0.6) is 0 Å². The van der Waals surface area contributed by atoms with E-state index in [1.165, 1.54) is 12.1 Å². The van der Waals surface area contributed by atoms with Crippen molar-refractivity contribution in [2.75, 3.05) is 12.3 Å². The molecule has 2 aromatic rings. The Balaban J connectivity index is 1.55. The first kappa shape index (κ1) is 36.7. The second-order valence-electron chi connectivity index (χ2n) is 12.8. The fourth-order valence-electron chi connectivity index (χ4n) is 6.47. The Kier molecular flexibility index (Phi) is 11.3. The third kappa shape index (κ3) is 8.85. The summed E-state index contributed by atoms with van der Waals surface area (Å²) in [5.74, 6) is -1.13. The molecule has 2 aliphatic rings. The molecule has 0 spiro atoms. The van der Waals surface area contributed by atoms with E-state index in [-0.39, 0.29) is 22.5 Å². The van der Waals surface area contributed by atoms with Crippen LogP contribution in [-0.2, 0) is 35.9 Å². The number of fused-ring (bicyclic) bond motifs is 2. The van der Waals surface area contributed by atoms with Crippen LogP contribution in [-0.4, -0.2) is 65.3 Å². The molecule has 254 valence electrons. The van der Waals surface area contributed by atoms with Crippen molar-refractivity contribution in [1.29, 1.82) is 0 Å². The number of rotatable bonds is 16. The van der Waals surface area contributed by atoms with Gasteiger partial charge < -0.3 is 5.11 Å². The van der Waals surface area contributed by atoms with Gasteiger partial charge in [0.25, 0.3) is 20.2 Å². The molecule has 10 nitrogen and oxygen atoms in total. The maximum absolute atomic E-state index is 11.9. The minimum atomic E-state index is -4.40. The number of benzene rings is 2. The number of unbranched alkanes of at least 4 members (excludes halogenated alkanes) is 3. The maximum Gasteiger partial charge on any atom is 0.303 e. The Bertz CT molecular complexity index is 1880. The zero-order chi connectivity index (χ0) is 34.6. The van der Waals surface area contributed by atoms with E-state index in [1.807, 2.05) is 49.4 Å². The molecule has 1 atom stereocenters. The highest BCUT2D eigenvalue weighted by atomic mass is 35.5. The zero-order valence-electron chi connectivity index (χ0n) is 26.8. The molecule has 0 saturated carbocycles. The Hall–Kier alpha value is -3.16. The average molecular weight is 706 g/mol. The fourth-order valence-corrected chi connectivity index (χ4v) is 7.72. The molecule has 13 heteroatoms. The van der Waals surface area contributed by atoms with Gasteiger partial charge in [-0.1, -0.05) is 49.6 Å². The monoisotopic (exact) mass is 705 g/mol.